The van der Waals surface area contributed by atoms with E-state index in [2.05, 4.69) is 81.6 Å². The van der Waals surface area contributed by atoms with Crippen LogP contribution >= 0.6 is 27.9 Å². The second-order valence-corrected chi connectivity index (χ2v) is 24.8. The molecule has 2 aromatic carbocycles. The van der Waals surface area contributed by atoms with Crippen LogP contribution in [0.3, 0.4) is 0 Å². The zero-order chi connectivity index (χ0) is 17.8. The van der Waals surface area contributed by atoms with Crippen molar-refractivity contribution in [1.29, 1.82) is 0 Å². The normalized spacial score (nSPS) is 20.3. The quantitative estimate of drug-likeness (QED) is 0.501. The third-order valence-corrected chi connectivity index (χ3v) is 21.6. The van der Waals surface area contributed by atoms with Crippen LogP contribution < -0.4 is 5.19 Å². The van der Waals surface area contributed by atoms with Gasteiger partial charge in [-0.25, -0.2) is 0 Å². The van der Waals surface area contributed by atoms with Crippen molar-refractivity contribution in [3.8, 4) is 0 Å². The van der Waals surface area contributed by atoms with Crippen LogP contribution in [0.5, 0.6) is 0 Å². The standard InChI is InChI=1S/C19H21Si.3ClH.Ti/c1-14-11-15(2)13-17(12-14)20(3,4)19-10-9-16-7-5-6-8-18(16)19;;;;/h5-13H,1-4H3;3*1H;/q;;;;+3/p-3. The Balaban J connectivity index is 2.31. The second kappa shape index (κ2) is 6.30. The first-order valence-corrected chi connectivity index (χ1v) is 18.3. The monoisotopic (exact) mass is 430 g/mol. The minimum absolute atomic E-state index is 0.408. The molecular formula is C19H21Cl3SiTi. The summed E-state index contributed by atoms with van der Waals surface area (Å²) in [5.74, 6) is 0. The fourth-order valence-electron chi connectivity index (χ4n) is 4.02. The Bertz CT molecular complexity index is 803. The van der Waals surface area contributed by atoms with Gasteiger partial charge in [-0.3, -0.25) is 0 Å². The fourth-order valence-corrected chi connectivity index (χ4v) is 23.8. The van der Waals surface area contributed by atoms with E-state index in [-0.39, 0.29) is 0 Å². The Labute approximate surface area is 160 Å². The van der Waals surface area contributed by atoms with Crippen molar-refractivity contribution >= 4 is 47.3 Å². The summed E-state index contributed by atoms with van der Waals surface area (Å²) in [5, 5.41) is 1.36. The van der Waals surface area contributed by atoms with Gasteiger partial charge in [0.2, 0.25) is 0 Å². The number of benzene rings is 2. The average molecular weight is 432 g/mol. The first-order valence-electron chi connectivity index (χ1n) is 8.04. The van der Waals surface area contributed by atoms with Crippen LogP contribution in [0.2, 0.25) is 13.1 Å². The van der Waals surface area contributed by atoms with E-state index in [1.54, 1.807) is 0 Å². The van der Waals surface area contributed by atoms with E-state index >= 15 is 0 Å². The molecule has 0 saturated carbocycles. The maximum atomic E-state index is 6.84. The second-order valence-electron chi connectivity index (χ2n) is 7.23. The van der Waals surface area contributed by atoms with Crippen LogP contribution in [0.15, 0.2) is 48.5 Å². The Morgan fingerprint density at radius 1 is 0.917 bits per heavy atom. The molecule has 0 nitrogen and oxygen atoms in total. The van der Waals surface area contributed by atoms with Gasteiger partial charge < -0.3 is 0 Å². The molecular weight excluding hydrogens is 411 g/mol. The summed E-state index contributed by atoms with van der Waals surface area (Å²) < 4.78 is -0.408. The van der Waals surface area contributed by atoms with Crippen molar-refractivity contribution in [3.05, 3.63) is 70.8 Å². The molecule has 24 heavy (non-hydrogen) atoms. The van der Waals surface area contributed by atoms with Gasteiger partial charge in [-0.2, -0.15) is 0 Å². The molecule has 1 aliphatic carbocycles. The number of hydrogen-bond acceptors (Lipinski definition) is 0. The molecule has 1 aliphatic rings. The molecule has 5 heteroatoms. The number of rotatable bonds is 3. The molecule has 0 radical (unpaired) electrons. The van der Waals surface area contributed by atoms with Crippen molar-refractivity contribution in [2.24, 2.45) is 0 Å². The molecule has 0 heterocycles. The molecule has 0 spiro atoms. The van der Waals surface area contributed by atoms with Gasteiger partial charge in [-0.05, 0) is 0 Å². The molecule has 2 aromatic rings. The average Bonchev–Trinajstić information content (AvgIpc) is 2.87. The fraction of sp³-hybridized carbons (Fsp3) is 0.263. The van der Waals surface area contributed by atoms with Crippen LogP contribution in [0, 0.1) is 13.8 Å². The van der Waals surface area contributed by atoms with Crippen LogP contribution in [-0.4, -0.2) is 8.07 Å². The van der Waals surface area contributed by atoms with Gasteiger partial charge in [0.05, 0.1) is 0 Å². The predicted octanol–water partition coefficient (Wildman–Crippen LogP) is 6.30. The molecule has 0 fully saturated rings. The van der Waals surface area contributed by atoms with E-state index in [0.717, 1.165) is 0 Å². The number of fused-ring (bicyclic) bond motifs is 1. The van der Waals surface area contributed by atoms with Crippen molar-refractivity contribution < 1.29 is 13.4 Å². The zero-order valence-corrected chi connectivity index (χ0v) is 19.2. The van der Waals surface area contributed by atoms with Gasteiger partial charge >= 0.3 is 162 Å². The van der Waals surface area contributed by atoms with Gasteiger partial charge in [0.15, 0.2) is 0 Å². The molecule has 1 unspecified atom stereocenters. The van der Waals surface area contributed by atoms with E-state index in [0.29, 0.717) is 0 Å². The van der Waals surface area contributed by atoms with Crippen LogP contribution in [0.25, 0.3) is 6.08 Å². The summed E-state index contributed by atoms with van der Waals surface area (Å²) in [6.45, 7) is 8.98. The number of hydrogen-bond donors (Lipinski definition) is 0. The van der Waals surface area contributed by atoms with Gasteiger partial charge in [0.25, 0.3) is 0 Å². The molecule has 126 valence electrons. The van der Waals surface area contributed by atoms with Crippen LogP contribution in [0.1, 0.15) is 22.3 Å². The van der Waals surface area contributed by atoms with E-state index < -0.39 is 24.8 Å². The summed E-state index contributed by atoms with van der Waals surface area (Å²) >= 11 is -3.67. The Morgan fingerprint density at radius 2 is 1.50 bits per heavy atom. The number of halogens is 3. The summed E-state index contributed by atoms with van der Waals surface area (Å²) in [6.07, 6.45) is 4.37. The first kappa shape index (κ1) is 18.8. The van der Waals surface area contributed by atoms with Gasteiger partial charge in [-0.1, -0.05) is 0 Å². The zero-order valence-electron chi connectivity index (χ0n) is 14.3. The van der Waals surface area contributed by atoms with Gasteiger partial charge in [-0.15, -0.1) is 0 Å². The third kappa shape index (κ3) is 2.78. The van der Waals surface area contributed by atoms with Crippen molar-refractivity contribution in [1.82, 2.24) is 0 Å². The van der Waals surface area contributed by atoms with Crippen molar-refractivity contribution in [2.45, 2.75) is 30.3 Å². The topological polar surface area (TPSA) is 0 Å². The molecule has 0 bridgehead atoms. The van der Waals surface area contributed by atoms with E-state index in [4.69, 9.17) is 27.9 Å². The number of allylic oxidation sites excluding steroid dienone is 1. The van der Waals surface area contributed by atoms with Gasteiger partial charge in [0, 0.05) is 0 Å². The summed E-state index contributed by atoms with van der Waals surface area (Å²) in [4.78, 5) is 0. The van der Waals surface area contributed by atoms with E-state index in [1.807, 2.05) is 0 Å². The van der Waals surface area contributed by atoms with Crippen molar-refractivity contribution in [3.63, 3.8) is 0 Å². The van der Waals surface area contributed by atoms with E-state index in [9.17, 15) is 0 Å². The maximum absolute atomic E-state index is 6.84. The number of aryl methyl sites for hydroxylation is 2. The molecule has 0 aromatic heterocycles. The molecule has 0 amide bonds. The summed E-state index contributed by atoms with van der Waals surface area (Å²) in [5.41, 5.74) is 4.95. The van der Waals surface area contributed by atoms with Crippen LogP contribution in [-0.2, 0) is 16.7 Å². The molecule has 0 N–H and O–H groups in total. The minimum atomic E-state index is -3.67. The molecule has 3 rings (SSSR count). The first-order chi connectivity index (χ1) is 11.1. The Morgan fingerprint density at radius 3 is 2.08 bits per heavy atom. The molecule has 0 aliphatic heterocycles. The SMILES string of the molecule is Cc1cc(C)cc([Si](C)(C)[C]2([Ti]([Cl])([Cl])[Cl])C=Cc3ccccc32)c1. The summed E-state index contributed by atoms with van der Waals surface area (Å²) in [7, 11) is 18.4. The summed E-state index contributed by atoms with van der Waals surface area (Å²) in [6, 6.07) is 15.2. The van der Waals surface area contributed by atoms with Gasteiger partial charge in [0.1, 0.15) is 0 Å². The third-order valence-electron chi connectivity index (χ3n) is 5.27. The van der Waals surface area contributed by atoms with E-state index in [1.165, 1.54) is 27.4 Å². The Kier molecular flexibility index (Phi) is 4.93. The Hall–Kier alpha value is -0.0188. The predicted molar refractivity (Wildman–Crippen MR) is 108 cm³/mol. The van der Waals surface area contributed by atoms with Crippen LogP contribution in [0.4, 0.5) is 0 Å². The molecule has 1 atom stereocenters. The molecule has 0 saturated heterocycles. The van der Waals surface area contributed by atoms with Crippen molar-refractivity contribution in [2.75, 3.05) is 0 Å².